The first-order chi connectivity index (χ1) is 22.7. The molecule has 6 heteroatoms. The van der Waals surface area contributed by atoms with E-state index in [0.29, 0.717) is 11.4 Å². The van der Waals surface area contributed by atoms with Crippen LogP contribution in [-0.2, 0) is 0 Å². The van der Waals surface area contributed by atoms with Crippen LogP contribution in [0.25, 0.3) is 60.8 Å². The van der Waals surface area contributed by atoms with Crippen molar-refractivity contribution in [2.45, 2.75) is 0 Å². The first kappa shape index (κ1) is 25.7. The number of hydrogen-bond acceptors (Lipinski definition) is 5. The Kier molecular flexibility index (Phi) is 5.53. The molecule has 0 saturated heterocycles. The average Bonchev–Trinajstić information content (AvgIpc) is 3.62. The number of rotatable bonds is 4. The van der Waals surface area contributed by atoms with E-state index in [-0.39, 0.29) is 11.4 Å². The third kappa shape index (κ3) is 3.62. The van der Waals surface area contributed by atoms with Crippen molar-refractivity contribution in [1.82, 2.24) is 14.5 Å². The van der Waals surface area contributed by atoms with Crippen molar-refractivity contribution in [3.63, 3.8) is 0 Å². The number of nitriles is 2. The first-order valence-corrected chi connectivity index (χ1v) is 15.0. The molecule has 9 rings (SSSR count). The summed E-state index contributed by atoms with van der Waals surface area (Å²) in [4.78, 5) is 11.5. The van der Waals surface area contributed by atoms with Gasteiger partial charge in [-0.3, -0.25) is 0 Å². The molecule has 1 aliphatic carbocycles. The number of para-hydroxylation sites is 3. The predicted molar refractivity (Wildman–Crippen MR) is 182 cm³/mol. The van der Waals surface area contributed by atoms with Gasteiger partial charge < -0.3 is 9.47 Å². The van der Waals surface area contributed by atoms with E-state index in [1.165, 1.54) is 0 Å². The van der Waals surface area contributed by atoms with E-state index < -0.39 is 0 Å². The topological polar surface area (TPSA) is 81.5 Å². The zero-order chi connectivity index (χ0) is 30.8. The van der Waals surface area contributed by atoms with Crippen LogP contribution in [0.1, 0.15) is 11.4 Å². The van der Waals surface area contributed by atoms with Gasteiger partial charge in [0.15, 0.2) is 11.4 Å². The Bertz CT molecular complexity index is 2520. The third-order valence-corrected chi connectivity index (χ3v) is 8.82. The monoisotopic (exact) mass is 586 g/mol. The second kappa shape index (κ2) is 9.89. The normalized spacial score (nSPS) is 11.4. The van der Waals surface area contributed by atoms with Crippen LogP contribution in [0, 0.1) is 22.7 Å². The Morgan fingerprint density at radius 3 is 1.76 bits per heavy atom. The van der Waals surface area contributed by atoms with Gasteiger partial charge in [0.05, 0.1) is 28.1 Å². The molecule has 0 atom stereocenters. The van der Waals surface area contributed by atoms with Gasteiger partial charge in [-0.15, -0.1) is 0 Å². The zero-order valence-corrected chi connectivity index (χ0v) is 24.4. The number of benzene rings is 6. The van der Waals surface area contributed by atoms with Gasteiger partial charge in [-0.25, -0.2) is 9.97 Å². The van der Waals surface area contributed by atoms with Gasteiger partial charge in [0.1, 0.15) is 12.1 Å². The van der Waals surface area contributed by atoms with Crippen molar-refractivity contribution in [2.24, 2.45) is 0 Å². The highest BCUT2D eigenvalue weighted by Gasteiger charge is 2.28. The molecule has 0 spiro atoms. The summed E-state index contributed by atoms with van der Waals surface area (Å²) < 4.78 is 2.33. The standard InChI is InChI=1S/C40H22N6/c41-23-33-34(24-42)44-40-31-19-21-36(29-15-9-16-30(38(29)31)39(40)43-33)46-35-17-8-7-14-28(35)32-22-27(18-20-37(32)46)45(25-10-3-1-4-11-25)26-12-5-2-6-13-26/h1-22H. The molecule has 8 aromatic rings. The van der Waals surface area contributed by atoms with Crippen LogP contribution >= 0.6 is 0 Å². The van der Waals surface area contributed by atoms with Gasteiger partial charge in [-0.05, 0) is 60.7 Å². The lowest BCUT2D eigenvalue weighted by atomic mass is 10.0. The number of nitrogens with zero attached hydrogens (tertiary/aromatic N) is 6. The first-order valence-electron chi connectivity index (χ1n) is 15.0. The molecule has 1 aliphatic rings. The fourth-order valence-corrected chi connectivity index (χ4v) is 6.91. The summed E-state index contributed by atoms with van der Waals surface area (Å²) in [6, 6.07) is 50.5. The van der Waals surface area contributed by atoms with E-state index in [9.17, 15) is 10.5 Å². The Hall–Kier alpha value is -6.76. The SMILES string of the molecule is N#Cc1nc2c(nc1C#N)-c1ccc(-n3c4ccccc4c4cc(N(c5ccccc5)c5ccccc5)ccc43)c3cccc-2c13. The minimum atomic E-state index is 0.0459. The minimum Gasteiger partial charge on any atom is -0.310 e. The van der Waals surface area contributed by atoms with E-state index in [1.54, 1.807) is 0 Å². The van der Waals surface area contributed by atoms with Gasteiger partial charge in [0.25, 0.3) is 0 Å². The van der Waals surface area contributed by atoms with Crippen LogP contribution < -0.4 is 4.90 Å². The molecule has 2 aromatic heterocycles. The maximum atomic E-state index is 9.64. The van der Waals surface area contributed by atoms with Crippen molar-refractivity contribution in [3.8, 4) is 40.3 Å². The number of anilines is 3. The Labute approximate surface area is 264 Å². The Balaban J connectivity index is 1.29. The molecule has 0 bridgehead atoms. The van der Waals surface area contributed by atoms with Gasteiger partial charge >= 0.3 is 0 Å². The van der Waals surface area contributed by atoms with E-state index >= 15 is 0 Å². The molecule has 6 aromatic carbocycles. The molecule has 212 valence electrons. The maximum Gasteiger partial charge on any atom is 0.177 e. The highest BCUT2D eigenvalue weighted by atomic mass is 15.1. The van der Waals surface area contributed by atoms with E-state index in [0.717, 1.165) is 66.5 Å². The summed E-state index contributed by atoms with van der Waals surface area (Å²) in [5, 5.41) is 23.7. The third-order valence-electron chi connectivity index (χ3n) is 8.82. The van der Waals surface area contributed by atoms with Crippen LogP contribution in [-0.4, -0.2) is 14.5 Å². The van der Waals surface area contributed by atoms with Crippen LogP contribution in [0.5, 0.6) is 0 Å². The number of hydrogen-bond donors (Lipinski definition) is 0. The Morgan fingerprint density at radius 2 is 1.09 bits per heavy atom. The lowest BCUT2D eigenvalue weighted by molar-refractivity contribution is 1.15. The van der Waals surface area contributed by atoms with Crippen molar-refractivity contribution in [3.05, 3.63) is 145 Å². The molecule has 0 radical (unpaired) electrons. The fraction of sp³-hybridized carbons (Fsp3) is 0. The molecular weight excluding hydrogens is 564 g/mol. The zero-order valence-electron chi connectivity index (χ0n) is 24.4. The Morgan fingerprint density at radius 1 is 0.500 bits per heavy atom. The van der Waals surface area contributed by atoms with Gasteiger partial charge in [0, 0.05) is 49.7 Å². The molecule has 46 heavy (non-hydrogen) atoms. The predicted octanol–water partition coefficient (Wildman–Crippen LogP) is 9.59. The quantitative estimate of drug-likeness (QED) is 0.205. The van der Waals surface area contributed by atoms with Crippen LogP contribution in [0.4, 0.5) is 17.1 Å². The average molecular weight is 587 g/mol. The van der Waals surface area contributed by atoms with Gasteiger partial charge in [-0.1, -0.05) is 72.8 Å². The van der Waals surface area contributed by atoms with E-state index in [2.05, 4.69) is 129 Å². The number of aromatic nitrogens is 3. The molecule has 2 heterocycles. The molecule has 6 nitrogen and oxygen atoms in total. The van der Waals surface area contributed by atoms with Gasteiger partial charge in [0.2, 0.25) is 0 Å². The largest absolute Gasteiger partial charge is 0.310 e. The summed E-state index contributed by atoms with van der Waals surface area (Å²) in [7, 11) is 0. The van der Waals surface area contributed by atoms with Crippen LogP contribution in [0.2, 0.25) is 0 Å². The summed E-state index contributed by atoms with van der Waals surface area (Å²) in [5.74, 6) is 0. The second-order valence-corrected chi connectivity index (χ2v) is 11.3. The fourth-order valence-electron chi connectivity index (χ4n) is 6.91. The van der Waals surface area contributed by atoms with Crippen molar-refractivity contribution in [2.75, 3.05) is 4.90 Å². The molecule has 0 unspecified atom stereocenters. The molecular formula is C40H22N6. The molecule has 0 aliphatic heterocycles. The summed E-state index contributed by atoms with van der Waals surface area (Å²) in [6.45, 7) is 0. The van der Waals surface area contributed by atoms with Crippen LogP contribution in [0.15, 0.2) is 133 Å². The van der Waals surface area contributed by atoms with Crippen molar-refractivity contribution >= 4 is 49.6 Å². The minimum absolute atomic E-state index is 0.0459. The lowest BCUT2D eigenvalue weighted by Crippen LogP contribution is -2.09. The summed E-state index contributed by atoms with van der Waals surface area (Å²) in [6.07, 6.45) is 0. The van der Waals surface area contributed by atoms with Crippen molar-refractivity contribution in [1.29, 1.82) is 10.5 Å². The molecule has 0 saturated carbocycles. The molecule has 0 N–H and O–H groups in total. The summed E-state index contributed by atoms with van der Waals surface area (Å²) in [5.41, 5.74) is 9.69. The lowest BCUT2D eigenvalue weighted by Gasteiger charge is -2.25. The second-order valence-electron chi connectivity index (χ2n) is 11.3. The van der Waals surface area contributed by atoms with E-state index in [4.69, 9.17) is 0 Å². The highest BCUT2D eigenvalue weighted by molar-refractivity contribution is 6.18. The number of fused-ring (bicyclic) bond motifs is 6. The molecule has 0 fully saturated rings. The maximum absolute atomic E-state index is 9.64. The van der Waals surface area contributed by atoms with Crippen LogP contribution in [0.3, 0.4) is 0 Å². The summed E-state index contributed by atoms with van der Waals surface area (Å²) >= 11 is 0. The van der Waals surface area contributed by atoms with E-state index in [1.807, 2.05) is 36.4 Å². The van der Waals surface area contributed by atoms with Crippen molar-refractivity contribution < 1.29 is 0 Å². The molecule has 0 amide bonds. The highest BCUT2D eigenvalue weighted by Crippen LogP contribution is 2.48. The van der Waals surface area contributed by atoms with Gasteiger partial charge in [-0.2, -0.15) is 10.5 Å². The smallest absolute Gasteiger partial charge is 0.177 e.